The fourth-order valence-electron chi connectivity index (χ4n) is 2.38. The first kappa shape index (κ1) is 11.6. The zero-order chi connectivity index (χ0) is 12.7. The minimum absolute atomic E-state index is 0.431. The molecule has 0 aromatic heterocycles. The summed E-state index contributed by atoms with van der Waals surface area (Å²) < 4.78 is 0. The van der Waals surface area contributed by atoms with Crippen LogP contribution in [0.25, 0.3) is 0 Å². The van der Waals surface area contributed by atoms with E-state index in [2.05, 4.69) is 17.1 Å². The first-order valence-corrected chi connectivity index (χ1v) is 7.06. The number of carbonyl (C=O) groups excluding carboxylic acids is 2. The summed E-state index contributed by atoms with van der Waals surface area (Å²) >= 11 is 1.98. The molecule has 1 aromatic rings. The zero-order valence-electron chi connectivity index (χ0n) is 10.1. The summed E-state index contributed by atoms with van der Waals surface area (Å²) in [5.74, 6) is 0.160. The summed E-state index contributed by atoms with van der Waals surface area (Å²) in [5, 5.41) is 3.23. The van der Waals surface area contributed by atoms with Crippen molar-refractivity contribution in [3.8, 4) is 0 Å². The molecule has 0 aliphatic carbocycles. The van der Waals surface area contributed by atoms with Crippen LogP contribution in [0.15, 0.2) is 18.2 Å². The highest BCUT2D eigenvalue weighted by Crippen LogP contribution is 2.30. The quantitative estimate of drug-likeness (QED) is 0.784. The lowest BCUT2D eigenvalue weighted by molar-refractivity contribution is -0.112. The van der Waals surface area contributed by atoms with Crippen molar-refractivity contribution < 1.29 is 9.59 Å². The van der Waals surface area contributed by atoms with Gasteiger partial charge in [0.1, 0.15) is 0 Å². The molecule has 18 heavy (non-hydrogen) atoms. The van der Waals surface area contributed by atoms with Gasteiger partial charge in [-0.2, -0.15) is 11.8 Å². The highest BCUT2D eigenvalue weighted by molar-refractivity contribution is 8.00. The minimum Gasteiger partial charge on any atom is -0.370 e. The Labute approximate surface area is 110 Å². The zero-order valence-corrected chi connectivity index (χ0v) is 10.9. The van der Waals surface area contributed by atoms with Gasteiger partial charge >= 0.3 is 0 Å². The Balaban J connectivity index is 1.89. The van der Waals surface area contributed by atoms with Crippen molar-refractivity contribution in [2.24, 2.45) is 0 Å². The topological polar surface area (TPSA) is 49.4 Å². The first-order valence-electron chi connectivity index (χ1n) is 6.01. The Morgan fingerprint density at radius 1 is 1.39 bits per heavy atom. The number of ketones is 1. The summed E-state index contributed by atoms with van der Waals surface area (Å²) in [6.45, 7) is 4.23. The predicted octanol–water partition coefficient (Wildman–Crippen LogP) is 1.76. The number of amides is 1. The number of nitrogens with zero attached hydrogens (tertiary/aromatic N) is 1. The van der Waals surface area contributed by atoms with Crippen molar-refractivity contribution in [3.05, 3.63) is 23.8 Å². The summed E-state index contributed by atoms with van der Waals surface area (Å²) in [6, 6.07) is 5.58. The third-order valence-electron chi connectivity index (χ3n) is 3.31. The number of hydrogen-bond acceptors (Lipinski definition) is 4. The van der Waals surface area contributed by atoms with E-state index in [9.17, 15) is 9.59 Å². The second-order valence-electron chi connectivity index (χ2n) is 4.64. The minimum atomic E-state index is -0.523. The number of carbonyl (C=O) groups is 2. The third kappa shape index (κ3) is 1.88. The maximum Gasteiger partial charge on any atom is 0.296 e. The number of anilines is 2. The number of fused-ring (bicyclic) bond motifs is 1. The lowest BCUT2D eigenvalue weighted by Gasteiger charge is -2.32. The van der Waals surface area contributed by atoms with Gasteiger partial charge in [0.25, 0.3) is 11.7 Å². The van der Waals surface area contributed by atoms with Crippen LogP contribution >= 0.6 is 11.8 Å². The molecule has 4 nitrogen and oxygen atoms in total. The van der Waals surface area contributed by atoms with Gasteiger partial charge in [-0.3, -0.25) is 9.59 Å². The van der Waals surface area contributed by atoms with E-state index >= 15 is 0 Å². The summed E-state index contributed by atoms with van der Waals surface area (Å²) in [6.07, 6.45) is 0. The van der Waals surface area contributed by atoms with Gasteiger partial charge in [-0.05, 0) is 18.2 Å². The van der Waals surface area contributed by atoms with Gasteiger partial charge < -0.3 is 10.2 Å². The van der Waals surface area contributed by atoms with E-state index < -0.39 is 11.7 Å². The molecule has 5 heteroatoms. The number of rotatable bonds is 1. The average molecular weight is 262 g/mol. The van der Waals surface area contributed by atoms with Gasteiger partial charge in [-0.1, -0.05) is 6.92 Å². The summed E-state index contributed by atoms with van der Waals surface area (Å²) in [5.41, 5.74) is 2.22. The molecule has 1 saturated heterocycles. The Morgan fingerprint density at radius 2 is 2.22 bits per heavy atom. The van der Waals surface area contributed by atoms with E-state index in [-0.39, 0.29) is 0 Å². The van der Waals surface area contributed by atoms with E-state index in [4.69, 9.17) is 0 Å². The van der Waals surface area contributed by atoms with E-state index in [0.717, 1.165) is 24.5 Å². The van der Waals surface area contributed by atoms with Crippen molar-refractivity contribution >= 4 is 34.8 Å². The fraction of sp³-hybridized carbons (Fsp3) is 0.385. The Hall–Kier alpha value is -1.49. The van der Waals surface area contributed by atoms with E-state index in [0.29, 0.717) is 16.5 Å². The smallest absolute Gasteiger partial charge is 0.296 e. The van der Waals surface area contributed by atoms with Gasteiger partial charge in [0.05, 0.1) is 11.3 Å². The molecule has 1 aromatic carbocycles. The van der Waals surface area contributed by atoms with E-state index in [1.54, 1.807) is 6.07 Å². The normalized spacial score (nSPS) is 22.9. The van der Waals surface area contributed by atoms with Crippen LogP contribution in [0.4, 0.5) is 11.4 Å². The van der Waals surface area contributed by atoms with Crippen LogP contribution in [0, 0.1) is 0 Å². The predicted molar refractivity (Wildman–Crippen MR) is 73.5 cm³/mol. The van der Waals surface area contributed by atoms with Crippen LogP contribution in [0.1, 0.15) is 17.3 Å². The molecule has 1 fully saturated rings. The largest absolute Gasteiger partial charge is 0.370 e. The number of thioether (sulfide) groups is 1. The Morgan fingerprint density at radius 3 is 3.00 bits per heavy atom. The molecule has 3 rings (SSSR count). The molecule has 1 N–H and O–H groups in total. The summed E-state index contributed by atoms with van der Waals surface area (Å²) in [4.78, 5) is 25.1. The molecular weight excluding hydrogens is 248 g/mol. The van der Waals surface area contributed by atoms with Crippen LogP contribution in [0.3, 0.4) is 0 Å². The van der Waals surface area contributed by atoms with Crippen LogP contribution < -0.4 is 10.2 Å². The standard InChI is InChI=1S/C13H14N2O2S/c1-8-7-15(4-5-18-8)9-2-3-10-11(6-9)14-13(17)12(10)16/h2-3,6,8H,4-5,7H2,1H3,(H,14,16,17). The van der Waals surface area contributed by atoms with E-state index in [1.165, 1.54) is 0 Å². The van der Waals surface area contributed by atoms with Gasteiger partial charge in [0.15, 0.2) is 0 Å². The molecular formula is C13H14N2O2S. The molecule has 0 spiro atoms. The highest BCUT2D eigenvalue weighted by atomic mass is 32.2. The molecule has 1 atom stereocenters. The molecule has 2 aliphatic heterocycles. The third-order valence-corrected chi connectivity index (χ3v) is 4.44. The van der Waals surface area contributed by atoms with Gasteiger partial charge in [0, 0.05) is 29.8 Å². The van der Waals surface area contributed by atoms with Crippen LogP contribution in [-0.2, 0) is 4.79 Å². The van der Waals surface area contributed by atoms with Crippen molar-refractivity contribution in [1.29, 1.82) is 0 Å². The molecule has 1 amide bonds. The SMILES string of the molecule is CC1CN(c2ccc3c(c2)NC(=O)C3=O)CCS1. The molecule has 0 radical (unpaired) electrons. The van der Waals surface area contributed by atoms with Crippen LogP contribution in [0.2, 0.25) is 0 Å². The number of nitrogens with one attached hydrogen (secondary N) is 1. The number of Topliss-reactive ketones (excluding diaryl/α,β-unsaturated/α-hetero) is 1. The molecule has 1 unspecified atom stereocenters. The maximum atomic E-state index is 11.5. The molecule has 0 saturated carbocycles. The molecule has 2 heterocycles. The lowest BCUT2D eigenvalue weighted by Crippen LogP contribution is -2.36. The second-order valence-corrected chi connectivity index (χ2v) is 6.19. The maximum absolute atomic E-state index is 11.5. The second kappa shape index (κ2) is 4.31. The molecule has 94 valence electrons. The molecule has 2 aliphatic rings. The molecule has 0 bridgehead atoms. The number of benzene rings is 1. The van der Waals surface area contributed by atoms with Crippen molar-refractivity contribution in [2.75, 3.05) is 29.1 Å². The van der Waals surface area contributed by atoms with Crippen molar-refractivity contribution in [3.63, 3.8) is 0 Å². The lowest BCUT2D eigenvalue weighted by atomic mass is 10.1. The Kier molecular flexibility index (Phi) is 2.78. The van der Waals surface area contributed by atoms with Gasteiger partial charge in [-0.15, -0.1) is 0 Å². The highest BCUT2D eigenvalue weighted by Gasteiger charge is 2.28. The van der Waals surface area contributed by atoms with Gasteiger partial charge in [0.2, 0.25) is 0 Å². The van der Waals surface area contributed by atoms with Crippen LogP contribution in [0.5, 0.6) is 0 Å². The van der Waals surface area contributed by atoms with Gasteiger partial charge in [-0.25, -0.2) is 0 Å². The van der Waals surface area contributed by atoms with Crippen molar-refractivity contribution in [2.45, 2.75) is 12.2 Å². The summed E-state index contributed by atoms with van der Waals surface area (Å²) in [7, 11) is 0. The fourth-order valence-corrected chi connectivity index (χ4v) is 3.40. The Bertz CT molecular complexity index is 530. The average Bonchev–Trinajstić information content (AvgIpc) is 2.65. The monoisotopic (exact) mass is 262 g/mol. The van der Waals surface area contributed by atoms with Crippen molar-refractivity contribution in [1.82, 2.24) is 0 Å². The van der Waals surface area contributed by atoms with E-state index in [1.807, 2.05) is 23.9 Å². The first-order chi connectivity index (χ1) is 8.65. The number of hydrogen-bond donors (Lipinski definition) is 1. The van der Waals surface area contributed by atoms with Crippen LogP contribution in [-0.4, -0.2) is 35.8 Å².